The molecule has 0 unspecified atom stereocenters. The Bertz CT molecular complexity index is 513. The van der Waals surface area contributed by atoms with Crippen LogP contribution in [-0.4, -0.2) is 23.2 Å². The number of rotatable bonds is 1. The van der Waals surface area contributed by atoms with Crippen LogP contribution in [0, 0.1) is 18.8 Å². The van der Waals surface area contributed by atoms with Gasteiger partial charge in [0.05, 0.1) is 12.5 Å². The molecule has 2 aromatic rings. The Morgan fingerprint density at radius 1 is 1.28 bits per heavy atom. The lowest BCUT2D eigenvalue weighted by Crippen LogP contribution is -1.76. The van der Waals surface area contributed by atoms with Gasteiger partial charge in [-0.25, -0.2) is 4.98 Å². The lowest BCUT2D eigenvalue weighted by molar-refractivity contribution is 1.15. The molecule has 0 amide bonds. The maximum atomic E-state index is 3.89. The molecule has 0 saturated heterocycles. The fourth-order valence-corrected chi connectivity index (χ4v) is 1.10. The average molecular weight is 239 g/mol. The standard InChI is InChI=1S/C12H10N2.C3H7N/c1-10-2-4-11(5-3-10)6-7-12-8-13-9-14-12;1-3-4-2/h2-5,8-9H,1H3,(H,13,14);2-3H2,1H3. The number of hydrogen-bond acceptors (Lipinski definition) is 2. The third kappa shape index (κ3) is 5.13. The average Bonchev–Trinajstić information content (AvgIpc) is 2.92. The van der Waals surface area contributed by atoms with E-state index in [-0.39, 0.29) is 0 Å². The normalized spacial score (nSPS) is 8.56. The van der Waals surface area contributed by atoms with Gasteiger partial charge < -0.3 is 9.98 Å². The van der Waals surface area contributed by atoms with Crippen molar-refractivity contribution in [3.05, 3.63) is 53.6 Å². The second-order valence-corrected chi connectivity index (χ2v) is 3.62. The molecule has 0 bridgehead atoms. The summed E-state index contributed by atoms with van der Waals surface area (Å²) in [6.07, 6.45) is 3.33. The number of nitrogens with one attached hydrogen (secondary N) is 1. The van der Waals surface area contributed by atoms with Crippen LogP contribution in [-0.2, 0) is 0 Å². The summed E-state index contributed by atoms with van der Waals surface area (Å²) in [6, 6.07) is 8.13. The van der Waals surface area contributed by atoms with Gasteiger partial charge in [-0.15, -0.1) is 0 Å². The highest BCUT2D eigenvalue weighted by Crippen LogP contribution is 2.01. The van der Waals surface area contributed by atoms with E-state index in [1.165, 1.54) is 5.56 Å². The highest BCUT2D eigenvalue weighted by Gasteiger charge is 1.87. The summed E-state index contributed by atoms with van der Waals surface area (Å²) in [4.78, 5) is 10.3. The number of hydrogen-bond donors (Lipinski definition) is 1. The molecule has 1 aromatic heterocycles. The Morgan fingerprint density at radius 2 is 1.94 bits per heavy atom. The zero-order valence-corrected chi connectivity index (χ0v) is 10.8. The summed E-state index contributed by atoms with van der Waals surface area (Å²) >= 11 is 0. The van der Waals surface area contributed by atoms with Crippen LogP contribution >= 0.6 is 0 Å². The molecule has 0 fully saturated rings. The number of nitrogens with zero attached hydrogens (tertiary/aromatic N) is 2. The van der Waals surface area contributed by atoms with Gasteiger partial charge in [-0.3, -0.25) is 0 Å². The number of H-pyrrole nitrogens is 1. The van der Waals surface area contributed by atoms with Crippen LogP contribution in [0.4, 0.5) is 0 Å². The van der Waals surface area contributed by atoms with E-state index in [0.717, 1.165) is 17.8 Å². The SMILES string of the molecule is C=NCC.Cc1ccc(C#Cc2cnc[nH]2)cc1. The Hall–Kier alpha value is -2.34. The van der Waals surface area contributed by atoms with Crippen molar-refractivity contribution in [2.24, 2.45) is 4.99 Å². The zero-order chi connectivity index (χ0) is 13.2. The van der Waals surface area contributed by atoms with E-state index >= 15 is 0 Å². The first-order valence-electron chi connectivity index (χ1n) is 5.75. The van der Waals surface area contributed by atoms with Gasteiger partial charge in [0.15, 0.2) is 0 Å². The molecule has 18 heavy (non-hydrogen) atoms. The van der Waals surface area contributed by atoms with Crippen molar-refractivity contribution in [1.29, 1.82) is 0 Å². The minimum atomic E-state index is 0.833. The molecule has 0 spiro atoms. The summed E-state index contributed by atoms with van der Waals surface area (Å²) in [5.74, 6) is 6.05. The van der Waals surface area contributed by atoms with Crippen LogP contribution in [0.1, 0.15) is 23.7 Å². The van der Waals surface area contributed by atoms with Gasteiger partial charge in [0, 0.05) is 12.1 Å². The first-order valence-corrected chi connectivity index (χ1v) is 5.75. The van der Waals surface area contributed by atoms with Gasteiger partial charge in [0.1, 0.15) is 5.69 Å². The van der Waals surface area contributed by atoms with E-state index in [1.807, 2.05) is 19.1 Å². The minimum absolute atomic E-state index is 0.833. The second-order valence-electron chi connectivity index (χ2n) is 3.62. The fourth-order valence-electron chi connectivity index (χ4n) is 1.10. The number of imidazole rings is 1. The van der Waals surface area contributed by atoms with E-state index in [1.54, 1.807) is 12.5 Å². The molecule has 0 aliphatic carbocycles. The van der Waals surface area contributed by atoms with Crippen molar-refractivity contribution >= 4 is 6.72 Å². The predicted molar refractivity (Wildman–Crippen MR) is 75.8 cm³/mol. The molecule has 1 heterocycles. The van der Waals surface area contributed by atoms with Gasteiger partial charge in [0.25, 0.3) is 0 Å². The maximum absolute atomic E-state index is 3.89. The van der Waals surface area contributed by atoms with Crippen LogP contribution in [0.25, 0.3) is 0 Å². The van der Waals surface area contributed by atoms with Crippen molar-refractivity contribution in [1.82, 2.24) is 9.97 Å². The first kappa shape index (κ1) is 13.7. The van der Waals surface area contributed by atoms with E-state index < -0.39 is 0 Å². The molecule has 1 N–H and O–H groups in total. The van der Waals surface area contributed by atoms with Gasteiger partial charge in [-0.2, -0.15) is 0 Å². The van der Waals surface area contributed by atoms with Crippen LogP contribution in [0.2, 0.25) is 0 Å². The molecule has 3 heteroatoms. The topological polar surface area (TPSA) is 41.0 Å². The lowest BCUT2D eigenvalue weighted by Gasteiger charge is -1.90. The van der Waals surface area contributed by atoms with Crippen LogP contribution in [0.5, 0.6) is 0 Å². The van der Waals surface area contributed by atoms with Gasteiger partial charge in [-0.1, -0.05) is 23.6 Å². The van der Waals surface area contributed by atoms with Gasteiger partial charge >= 0.3 is 0 Å². The van der Waals surface area contributed by atoms with Crippen molar-refractivity contribution in [3.63, 3.8) is 0 Å². The quantitative estimate of drug-likeness (QED) is 0.603. The third-order valence-corrected chi connectivity index (χ3v) is 2.11. The zero-order valence-electron chi connectivity index (χ0n) is 10.8. The Kier molecular flexibility index (Phi) is 5.99. The molecular weight excluding hydrogens is 222 g/mol. The smallest absolute Gasteiger partial charge is 0.109 e. The molecule has 92 valence electrons. The lowest BCUT2D eigenvalue weighted by atomic mass is 10.1. The summed E-state index contributed by atoms with van der Waals surface area (Å²) in [7, 11) is 0. The number of benzene rings is 1. The molecule has 0 aliphatic rings. The second kappa shape index (κ2) is 7.86. The van der Waals surface area contributed by atoms with Gasteiger partial charge in [-0.05, 0) is 38.6 Å². The molecule has 1 aromatic carbocycles. The molecule has 0 aliphatic heterocycles. The molecule has 0 saturated carbocycles. The predicted octanol–water partition coefficient (Wildman–Crippen LogP) is 2.82. The number of aromatic nitrogens is 2. The molecule has 3 nitrogen and oxygen atoms in total. The highest BCUT2D eigenvalue weighted by molar-refractivity contribution is 5.40. The van der Waals surface area contributed by atoms with Crippen molar-refractivity contribution in [2.75, 3.05) is 6.54 Å². The summed E-state index contributed by atoms with van der Waals surface area (Å²) in [5.41, 5.74) is 3.10. The van der Waals surface area contributed by atoms with Crippen LogP contribution < -0.4 is 0 Å². The van der Waals surface area contributed by atoms with E-state index in [2.05, 4.69) is 52.6 Å². The first-order chi connectivity index (χ1) is 8.76. The summed E-state index contributed by atoms with van der Waals surface area (Å²) in [5, 5.41) is 0. The van der Waals surface area contributed by atoms with Crippen LogP contribution in [0.3, 0.4) is 0 Å². The minimum Gasteiger partial charge on any atom is -0.338 e. The number of aliphatic imine (C=N–C) groups is 1. The third-order valence-electron chi connectivity index (χ3n) is 2.11. The Labute approximate surface area is 108 Å². The van der Waals surface area contributed by atoms with Crippen molar-refractivity contribution < 1.29 is 0 Å². The Balaban J connectivity index is 0.000000357. The van der Waals surface area contributed by atoms with Crippen molar-refractivity contribution in [2.45, 2.75) is 13.8 Å². The molecule has 0 atom stereocenters. The highest BCUT2D eigenvalue weighted by atomic mass is 14.8. The maximum Gasteiger partial charge on any atom is 0.109 e. The summed E-state index contributed by atoms with van der Waals surface area (Å²) in [6.45, 7) is 8.08. The number of aryl methyl sites for hydroxylation is 1. The molecule has 2 rings (SSSR count). The molecular formula is C15H17N3. The van der Waals surface area contributed by atoms with Gasteiger partial charge in [0.2, 0.25) is 0 Å². The Morgan fingerprint density at radius 3 is 2.44 bits per heavy atom. The monoisotopic (exact) mass is 239 g/mol. The van der Waals surface area contributed by atoms with E-state index in [0.29, 0.717) is 0 Å². The fraction of sp³-hybridized carbons (Fsp3) is 0.200. The summed E-state index contributed by atoms with van der Waals surface area (Å²) < 4.78 is 0. The molecule has 0 radical (unpaired) electrons. The van der Waals surface area contributed by atoms with E-state index in [9.17, 15) is 0 Å². The van der Waals surface area contributed by atoms with Crippen molar-refractivity contribution in [3.8, 4) is 11.8 Å². The van der Waals surface area contributed by atoms with E-state index in [4.69, 9.17) is 0 Å². The van der Waals surface area contributed by atoms with Crippen LogP contribution in [0.15, 0.2) is 41.8 Å². The largest absolute Gasteiger partial charge is 0.338 e. The number of aromatic amines is 1.